The van der Waals surface area contributed by atoms with E-state index in [0.29, 0.717) is 5.02 Å². The number of rotatable bonds is 3. The molecule has 0 spiro atoms. The van der Waals surface area contributed by atoms with Crippen molar-refractivity contribution in [2.75, 3.05) is 12.8 Å². The van der Waals surface area contributed by atoms with Gasteiger partial charge in [0.15, 0.2) is 0 Å². The molecule has 7 nitrogen and oxygen atoms in total. The summed E-state index contributed by atoms with van der Waals surface area (Å²) in [4.78, 5) is 7.96. The van der Waals surface area contributed by atoms with Crippen LogP contribution in [0.25, 0.3) is 16.1 Å². The van der Waals surface area contributed by atoms with Crippen molar-refractivity contribution in [1.82, 2.24) is 19.3 Å². The molecule has 3 heterocycles. The van der Waals surface area contributed by atoms with E-state index < -0.39 is 15.2 Å². The van der Waals surface area contributed by atoms with Crippen molar-refractivity contribution in [3.05, 3.63) is 52.6 Å². The van der Waals surface area contributed by atoms with E-state index in [9.17, 15) is 4.21 Å². The third-order valence-electron chi connectivity index (χ3n) is 4.67. The molecule has 0 saturated heterocycles. The molecule has 0 amide bonds. The fourth-order valence-electron chi connectivity index (χ4n) is 3.16. The summed E-state index contributed by atoms with van der Waals surface area (Å²) >= 11 is 8.08. The smallest absolute Gasteiger partial charge is 0.203 e. The average Bonchev–Trinajstić information content (AvgIpc) is 3.29. The number of hydrogen-bond donors (Lipinski definition) is 1. The standard InChI is InChI=1S/C18H19ClN6OS2/c1-18(11-28(3,26)24(2)17(20)23-18)16-14(19)10-15(27-16)12-4-6-13(7-5-12)25-21-8-9-22-25/h4-10H,3,11H2,1-2H3,(H2,20,23)/t18-,28?/m0/s1. The highest BCUT2D eigenvalue weighted by Crippen LogP contribution is 2.44. The Morgan fingerprint density at radius 2 is 1.93 bits per heavy atom. The highest BCUT2D eigenvalue weighted by Gasteiger charge is 2.39. The number of hydrogen-bond acceptors (Lipinski definition) is 6. The maximum atomic E-state index is 12.9. The van der Waals surface area contributed by atoms with Crippen LogP contribution >= 0.6 is 22.9 Å². The van der Waals surface area contributed by atoms with Gasteiger partial charge < -0.3 is 5.73 Å². The van der Waals surface area contributed by atoms with Crippen LogP contribution in [0.15, 0.2) is 47.7 Å². The van der Waals surface area contributed by atoms with Crippen molar-refractivity contribution in [3.63, 3.8) is 0 Å². The highest BCUT2D eigenvalue weighted by atomic mass is 35.5. The summed E-state index contributed by atoms with van der Waals surface area (Å²) in [6.45, 7) is 1.89. The van der Waals surface area contributed by atoms with Crippen LogP contribution in [0.4, 0.5) is 0 Å². The normalized spacial score (nSPS) is 25.0. The lowest BCUT2D eigenvalue weighted by atomic mass is 10.0. The Kier molecular flexibility index (Phi) is 4.48. The molecule has 2 N–H and O–H groups in total. The molecule has 2 aromatic heterocycles. The van der Waals surface area contributed by atoms with E-state index in [1.54, 1.807) is 24.2 Å². The second kappa shape index (κ2) is 6.61. The number of nitrogens with zero attached hydrogens (tertiary/aromatic N) is 5. The van der Waals surface area contributed by atoms with Crippen molar-refractivity contribution in [1.29, 1.82) is 0 Å². The van der Waals surface area contributed by atoms with E-state index >= 15 is 0 Å². The van der Waals surface area contributed by atoms with Crippen LogP contribution in [0.3, 0.4) is 0 Å². The van der Waals surface area contributed by atoms with E-state index in [1.165, 1.54) is 15.6 Å². The number of aromatic nitrogens is 3. The summed E-state index contributed by atoms with van der Waals surface area (Å²) in [6.07, 6.45) is 3.27. The lowest BCUT2D eigenvalue weighted by molar-refractivity contribution is 0.522. The van der Waals surface area contributed by atoms with Gasteiger partial charge in [-0.15, -0.1) is 11.3 Å². The first-order chi connectivity index (χ1) is 13.2. The Morgan fingerprint density at radius 1 is 1.29 bits per heavy atom. The molecule has 28 heavy (non-hydrogen) atoms. The highest BCUT2D eigenvalue weighted by molar-refractivity contribution is 7.98. The number of nitrogens with two attached hydrogens (primary N) is 1. The second-order valence-electron chi connectivity index (χ2n) is 6.81. The number of guanidine groups is 1. The maximum Gasteiger partial charge on any atom is 0.203 e. The lowest BCUT2D eigenvalue weighted by Crippen LogP contribution is -2.50. The van der Waals surface area contributed by atoms with Crippen LogP contribution in [0.2, 0.25) is 5.02 Å². The number of thiophene rings is 1. The SMILES string of the molecule is C=S1(=O)C[C@@](C)(c2sc(-c3ccc(-n4nccn4)cc3)cc2Cl)N=C(N)N1C. The molecule has 1 aromatic carbocycles. The van der Waals surface area contributed by atoms with Gasteiger partial charge in [-0.2, -0.15) is 15.0 Å². The van der Waals surface area contributed by atoms with Crippen LogP contribution in [-0.2, 0) is 15.2 Å². The zero-order valence-electron chi connectivity index (χ0n) is 15.4. The number of halogens is 1. The zero-order chi connectivity index (χ0) is 20.1. The minimum Gasteiger partial charge on any atom is -0.369 e. The van der Waals surface area contributed by atoms with Crippen molar-refractivity contribution < 1.29 is 4.21 Å². The summed E-state index contributed by atoms with van der Waals surface area (Å²) in [5.41, 5.74) is 7.10. The molecular formula is C18H19ClN6OS2. The predicted molar refractivity (Wildman–Crippen MR) is 117 cm³/mol. The molecule has 2 atom stereocenters. The lowest BCUT2D eigenvalue weighted by Gasteiger charge is -2.36. The average molecular weight is 435 g/mol. The first kappa shape index (κ1) is 19.0. The van der Waals surface area contributed by atoms with Gasteiger partial charge in [0, 0.05) is 11.9 Å². The molecule has 0 fully saturated rings. The third kappa shape index (κ3) is 3.19. The summed E-state index contributed by atoms with van der Waals surface area (Å²) < 4.78 is 14.3. The molecule has 3 aromatic rings. The van der Waals surface area contributed by atoms with Crippen molar-refractivity contribution in [2.24, 2.45) is 10.7 Å². The fourth-order valence-corrected chi connectivity index (χ4v) is 6.56. The molecule has 0 bridgehead atoms. The first-order valence-electron chi connectivity index (χ1n) is 8.41. The Balaban J connectivity index is 1.71. The molecule has 0 radical (unpaired) electrons. The molecule has 1 aliphatic rings. The van der Waals surface area contributed by atoms with Crippen LogP contribution < -0.4 is 5.73 Å². The second-order valence-corrected chi connectivity index (χ2v) is 10.7. The van der Waals surface area contributed by atoms with Crippen molar-refractivity contribution in [2.45, 2.75) is 12.5 Å². The molecule has 10 heteroatoms. The van der Waals surface area contributed by atoms with Gasteiger partial charge in [0.1, 0.15) is 5.54 Å². The molecule has 146 valence electrons. The largest absolute Gasteiger partial charge is 0.369 e. The fraction of sp³-hybridized carbons (Fsp3) is 0.222. The molecular weight excluding hydrogens is 416 g/mol. The van der Waals surface area contributed by atoms with E-state index in [1.807, 2.05) is 37.3 Å². The molecule has 1 unspecified atom stereocenters. The van der Waals surface area contributed by atoms with Gasteiger partial charge in [-0.3, -0.25) is 4.31 Å². The Bertz CT molecular complexity index is 1150. The summed E-state index contributed by atoms with van der Waals surface area (Å²) in [5.74, 6) is 4.31. The maximum absolute atomic E-state index is 12.9. The summed E-state index contributed by atoms with van der Waals surface area (Å²) in [6, 6.07) is 9.77. The van der Waals surface area contributed by atoms with Gasteiger partial charge in [-0.1, -0.05) is 23.7 Å². The van der Waals surface area contributed by atoms with Crippen LogP contribution in [-0.4, -0.2) is 48.1 Å². The zero-order valence-corrected chi connectivity index (χ0v) is 17.8. The first-order valence-corrected chi connectivity index (χ1v) is 11.5. The summed E-state index contributed by atoms with van der Waals surface area (Å²) in [5, 5.41) is 8.84. The molecule has 0 aliphatic carbocycles. The van der Waals surface area contributed by atoms with Gasteiger partial charge in [0.05, 0.1) is 43.4 Å². The van der Waals surface area contributed by atoms with Crippen LogP contribution in [0.5, 0.6) is 0 Å². The van der Waals surface area contributed by atoms with Crippen molar-refractivity contribution >= 4 is 44.5 Å². The Hall–Kier alpha value is -2.36. The Labute approximate surface area is 172 Å². The van der Waals surface area contributed by atoms with Crippen molar-refractivity contribution in [3.8, 4) is 16.1 Å². The van der Waals surface area contributed by atoms with E-state index in [-0.39, 0.29) is 11.7 Å². The Morgan fingerprint density at radius 3 is 2.54 bits per heavy atom. The van der Waals surface area contributed by atoms with Gasteiger partial charge in [0.25, 0.3) is 0 Å². The monoisotopic (exact) mass is 434 g/mol. The minimum atomic E-state index is -2.56. The van der Waals surface area contributed by atoms with E-state index in [4.69, 9.17) is 17.3 Å². The molecule has 4 rings (SSSR count). The molecule has 1 aliphatic heterocycles. The third-order valence-corrected chi connectivity index (χ3v) is 8.71. The summed E-state index contributed by atoms with van der Waals surface area (Å²) in [7, 11) is -0.916. The van der Waals surface area contributed by atoms with Gasteiger partial charge in [-0.25, -0.2) is 9.20 Å². The van der Waals surface area contributed by atoms with Gasteiger partial charge in [0.2, 0.25) is 5.96 Å². The number of benzene rings is 1. The quantitative estimate of drug-likeness (QED) is 0.642. The van der Waals surface area contributed by atoms with E-state index in [0.717, 1.165) is 21.0 Å². The van der Waals surface area contributed by atoms with Gasteiger partial charge >= 0.3 is 0 Å². The van der Waals surface area contributed by atoms with Crippen LogP contribution in [0, 0.1) is 0 Å². The number of aliphatic imine (C=N–C) groups is 1. The predicted octanol–water partition coefficient (Wildman–Crippen LogP) is 2.76. The van der Waals surface area contributed by atoms with Crippen LogP contribution in [0.1, 0.15) is 11.8 Å². The minimum absolute atomic E-state index is 0.204. The molecule has 0 saturated carbocycles. The van der Waals surface area contributed by atoms with Gasteiger partial charge in [-0.05, 0) is 36.6 Å². The topological polar surface area (TPSA) is 89.4 Å². The van der Waals surface area contributed by atoms with E-state index in [2.05, 4.69) is 21.1 Å².